The van der Waals surface area contributed by atoms with Crippen molar-refractivity contribution in [1.29, 1.82) is 0 Å². The van der Waals surface area contributed by atoms with Gasteiger partial charge in [-0.1, -0.05) is 0 Å². The van der Waals surface area contributed by atoms with Crippen LogP contribution in [-0.2, 0) is 0 Å². The van der Waals surface area contributed by atoms with Crippen LogP contribution in [-0.4, -0.2) is 29.8 Å². The molecule has 5 heteroatoms. The Labute approximate surface area is 126 Å². The number of carbonyl (C=O) groups is 1. The van der Waals surface area contributed by atoms with Gasteiger partial charge in [0.15, 0.2) is 11.5 Å². The number of methoxy groups -OCH3 is 2. The van der Waals surface area contributed by atoms with Crippen molar-refractivity contribution in [3.05, 3.63) is 42.0 Å². The number of aromatic nitrogens is 1. The second-order valence-corrected chi connectivity index (χ2v) is 5.17. The Kier molecular flexibility index (Phi) is 2.48. The standard InChI is InChI=1S/C17H13NO4/c1-21-15-7-11-12(8-16(15)22-2)17(20)18-13-4-3-10(19)5-9(13)6-14(11)18/h3-8,19H,1-2H3. The molecule has 5 nitrogen and oxygen atoms in total. The van der Waals surface area contributed by atoms with E-state index in [9.17, 15) is 9.90 Å². The van der Waals surface area contributed by atoms with E-state index < -0.39 is 0 Å². The molecule has 0 unspecified atom stereocenters. The Morgan fingerprint density at radius 1 is 0.955 bits per heavy atom. The molecular weight excluding hydrogens is 282 g/mol. The van der Waals surface area contributed by atoms with Crippen molar-refractivity contribution in [2.24, 2.45) is 0 Å². The summed E-state index contributed by atoms with van der Waals surface area (Å²) in [5, 5.41) is 10.4. The largest absolute Gasteiger partial charge is 0.508 e. The fourth-order valence-electron chi connectivity index (χ4n) is 3.01. The molecule has 0 bridgehead atoms. The lowest BCUT2D eigenvalue weighted by Crippen LogP contribution is -2.06. The molecular formula is C17H13NO4. The molecule has 110 valence electrons. The van der Waals surface area contributed by atoms with Gasteiger partial charge in [-0.2, -0.15) is 0 Å². The van der Waals surface area contributed by atoms with Crippen molar-refractivity contribution >= 4 is 16.8 Å². The van der Waals surface area contributed by atoms with Gasteiger partial charge in [0.25, 0.3) is 5.91 Å². The highest BCUT2D eigenvalue weighted by Gasteiger charge is 2.30. The van der Waals surface area contributed by atoms with Gasteiger partial charge in [-0.15, -0.1) is 0 Å². The van der Waals surface area contributed by atoms with Crippen LogP contribution in [0.2, 0.25) is 0 Å². The fourth-order valence-corrected chi connectivity index (χ4v) is 3.01. The number of nitrogens with zero attached hydrogens (tertiary/aromatic N) is 1. The molecule has 1 aromatic heterocycles. The average molecular weight is 295 g/mol. The molecule has 2 heterocycles. The van der Waals surface area contributed by atoms with Crippen LogP contribution < -0.4 is 9.47 Å². The quantitative estimate of drug-likeness (QED) is 0.617. The van der Waals surface area contributed by atoms with Gasteiger partial charge in [0.2, 0.25) is 0 Å². The Morgan fingerprint density at radius 2 is 1.64 bits per heavy atom. The second kappa shape index (κ2) is 4.27. The number of carbonyl (C=O) groups excluding carboxylic acids is 1. The highest BCUT2D eigenvalue weighted by atomic mass is 16.5. The highest BCUT2D eigenvalue weighted by Crippen LogP contribution is 2.42. The molecule has 22 heavy (non-hydrogen) atoms. The predicted molar refractivity (Wildman–Crippen MR) is 81.9 cm³/mol. The molecule has 0 saturated carbocycles. The SMILES string of the molecule is COc1cc2c(cc1OC)-c1cc3cc(O)ccc3n1C2=O. The predicted octanol–water partition coefficient (Wildman–Crippen LogP) is 3.03. The van der Waals surface area contributed by atoms with E-state index in [0.717, 1.165) is 22.2 Å². The van der Waals surface area contributed by atoms with Crippen molar-refractivity contribution < 1.29 is 19.4 Å². The minimum atomic E-state index is -0.105. The van der Waals surface area contributed by atoms with E-state index in [1.54, 1.807) is 43.1 Å². The van der Waals surface area contributed by atoms with E-state index in [1.807, 2.05) is 12.1 Å². The summed E-state index contributed by atoms with van der Waals surface area (Å²) in [7, 11) is 3.11. The van der Waals surface area contributed by atoms with Crippen molar-refractivity contribution in [2.45, 2.75) is 0 Å². The minimum absolute atomic E-state index is 0.105. The van der Waals surface area contributed by atoms with Gasteiger partial charge in [0.1, 0.15) is 5.75 Å². The number of fused-ring (bicyclic) bond motifs is 5. The molecule has 0 spiro atoms. The molecule has 4 rings (SSSR count). The average Bonchev–Trinajstić information content (AvgIpc) is 3.01. The molecule has 0 aliphatic carbocycles. The number of hydrogen-bond donors (Lipinski definition) is 1. The maximum Gasteiger partial charge on any atom is 0.263 e. The molecule has 3 aromatic rings. The van der Waals surface area contributed by atoms with E-state index in [0.29, 0.717) is 17.1 Å². The molecule has 0 radical (unpaired) electrons. The van der Waals surface area contributed by atoms with Gasteiger partial charge >= 0.3 is 0 Å². The lowest BCUT2D eigenvalue weighted by Gasteiger charge is -2.09. The lowest BCUT2D eigenvalue weighted by atomic mass is 10.1. The normalized spacial score (nSPS) is 12.4. The third kappa shape index (κ3) is 1.50. The number of phenolic OH excluding ortho intramolecular Hbond substituents is 1. The third-order valence-electron chi connectivity index (χ3n) is 4.02. The molecule has 0 saturated heterocycles. The van der Waals surface area contributed by atoms with Gasteiger partial charge in [-0.25, -0.2) is 0 Å². The zero-order valence-electron chi connectivity index (χ0n) is 12.1. The number of hydrogen-bond acceptors (Lipinski definition) is 4. The van der Waals surface area contributed by atoms with Crippen molar-refractivity contribution in [3.63, 3.8) is 0 Å². The molecule has 1 aliphatic rings. The first kappa shape index (κ1) is 12.8. The number of phenols is 1. The van der Waals surface area contributed by atoms with Crippen molar-refractivity contribution in [2.75, 3.05) is 14.2 Å². The molecule has 0 amide bonds. The third-order valence-corrected chi connectivity index (χ3v) is 4.02. The van der Waals surface area contributed by atoms with E-state index in [4.69, 9.17) is 9.47 Å². The first-order valence-electron chi connectivity index (χ1n) is 6.79. The summed E-state index contributed by atoms with van der Waals surface area (Å²) in [5.41, 5.74) is 2.95. The summed E-state index contributed by atoms with van der Waals surface area (Å²) in [6.45, 7) is 0. The van der Waals surface area contributed by atoms with E-state index >= 15 is 0 Å². The highest BCUT2D eigenvalue weighted by molar-refractivity contribution is 6.15. The first-order chi connectivity index (χ1) is 10.6. The van der Waals surface area contributed by atoms with Crippen LogP contribution in [0.3, 0.4) is 0 Å². The van der Waals surface area contributed by atoms with Crippen LogP contribution in [0.1, 0.15) is 10.4 Å². The minimum Gasteiger partial charge on any atom is -0.508 e. The molecule has 2 aromatic carbocycles. The molecule has 1 aliphatic heterocycles. The van der Waals surface area contributed by atoms with Crippen LogP contribution >= 0.6 is 0 Å². The van der Waals surface area contributed by atoms with Gasteiger partial charge in [-0.3, -0.25) is 9.36 Å². The van der Waals surface area contributed by atoms with Gasteiger partial charge in [-0.05, 0) is 36.4 Å². The van der Waals surface area contributed by atoms with E-state index in [-0.39, 0.29) is 11.7 Å². The summed E-state index contributed by atoms with van der Waals surface area (Å²) in [6.07, 6.45) is 0. The molecule has 0 atom stereocenters. The Morgan fingerprint density at radius 3 is 2.32 bits per heavy atom. The summed E-state index contributed by atoms with van der Waals surface area (Å²) in [4.78, 5) is 12.7. The second-order valence-electron chi connectivity index (χ2n) is 5.17. The van der Waals surface area contributed by atoms with Crippen LogP contribution in [0.4, 0.5) is 0 Å². The number of aromatic hydroxyl groups is 1. The van der Waals surface area contributed by atoms with Crippen LogP contribution in [0.15, 0.2) is 36.4 Å². The molecule has 0 fully saturated rings. The molecule has 1 N–H and O–H groups in total. The topological polar surface area (TPSA) is 60.7 Å². The van der Waals surface area contributed by atoms with Gasteiger partial charge in [0.05, 0.1) is 31.0 Å². The Bertz CT molecular complexity index is 939. The lowest BCUT2D eigenvalue weighted by molar-refractivity contribution is 0.0973. The fraction of sp³-hybridized carbons (Fsp3) is 0.118. The van der Waals surface area contributed by atoms with Gasteiger partial charge in [0, 0.05) is 10.9 Å². The maximum absolute atomic E-state index is 12.7. The van der Waals surface area contributed by atoms with E-state index in [2.05, 4.69) is 0 Å². The summed E-state index contributed by atoms with van der Waals surface area (Å²) in [6, 6.07) is 10.4. The number of benzene rings is 2. The summed E-state index contributed by atoms with van der Waals surface area (Å²) in [5.74, 6) is 1.18. The van der Waals surface area contributed by atoms with Crippen LogP contribution in [0.5, 0.6) is 17.2 Å². The zero-order chi connectivity index (χ0) is 15.4. The summed E-state index contributed by atoms with van der Waals surface area (Å²) < 4.78 is 12.2. The Balaban J connectivity index is 2.04. The van der Waals surface area contributed by atoms with Crippen LogP contribution in [0, 0.1) is 0 Å². The van der Waals surface area contributed by atoms with Crippen LogP contribution in [0.25, 0.3) is 22.2 Å². The number of rotatable bonds is 2. The van der Waals surface area contributed by atoms with Gasteiger partial charge < -0.3 is 14.6 Å². The smallest absolute Gasteiger partial charge is 0.263 e. The van der Waals surface area contributed by atoms with Crippen molar-refractivity contribution in [3.8, 4) is 28.5 Å². The summed E-state index contributed by atoms with van der Waals surface area (Å²) >= 11 is 0. The first-order valence-corrected chi connectivity index (χ1v) is 6.79. The monoisotopic (exact) mass is 295 g/mol. The number of ether oxygens (including phenoxy) is 2. The Hall–Kier alpha value is -2.95. The van der Waals surface area contributed by atoms with E-state index in [1.165, 1.54) is 0 Å². The maximum atomic E-state index is 12.7. The zero-order valence-corrected chi connectivity index (χ0v) is 12.1. The van der Waals surface area contributed by atoms with Crippen molar-refractivity contribution in [1.82, 2.24) is 4.57 Å².